The van der Waals surface area contributed by atoms with Gasteiger partial charge in [-0.05, 0) is 81.2 Å². The van der Waals surface area contributed by atoms with Crippen molar-refractivity contribution in [2.24, 2.45) is 29.6 Å². The predicted molar refractivity (Wildman–Crippen MR) is 99.7 cm³/mol. The number of likely N-dealkylation sites (tertiary alicyclic amines) is 1. The maximum Gasteiger partial charge on any atom is 0.0575 e. The molecule has 2 nitrogen and oxygen atoms in total. The second-order valence-electron chi connectivity index (χ2n) is 9.08. The predicted octanol–water partition coefficient (Wildman–Crippen LogP) is 5.22. The molecule has 2 rings (SSSR count). The Morgan fingerprint density at radius 1 is 0.870 bits per heavy atom. The Morgan fingerprint density at radius 3 is 2.00 bits per heavy atom. The fourth-order valence-electron chi connectivity index (χ4n) is 4.13. The molecule has 1 heterocycles. The minimum absolute atomic E-state index is 0.541. The van der Waals surface area contributed by atoms with Crippen molar-refractivity contribution >= 4 is 0 Å². The standard InChI is InChI=1S/C21H41NO/c1-16(2)18(5)15-23-21-8-6-19(7-9-21)14-22-12-10-20(11-13-22)17(3)4/h16-21H,6-15H2,1-5H3/t18-,19?,21?/m1/s1. The van der Waals surface area contributed by atoms with Crippen molar-refractivity contribution < 1.29 is 4.74 Å². The van der Waals surface area contributed by atoms with Crippen LogP contribution in [0.5, 0.6) is 0 Å². The molecule has 0 aromatic carbocycles. The molecule has 1 aliphatic heterocycles. The molecule has 0 unspecified atom stereocenters. The van der Waals surface area contributed by atoms with E-state index in [1.54, 1.807) is 0 Å². The smallest absolute Gasteiger partial charge is 0.0575 e. The molecular weight excluding hydrogens is 282 g/mol. The van der Waals surface area contributed by atoms with Crippen LogP contribution in [-0.4, -0.2) is 37.2 Å². The van der Waals surface area contributed by atoms with E-state index < -0.39 is 0 Å². The summed E-state index contributed by atoms with van der Waals surface area (Å²) in [5, 5.41) is 0. The van der Waals surface area contributed by atoms with Crippen molar-refractivity contribution in [2.45, 2.75) is 79.2 Å². The third-order valence-electron chi connectivity index (χ3n) is 6.62. The molecule has 0 radical (unpaired) electrons. The molecule has 1 atom stereocenters. The zero-order chi connectivity index (χ0) is 16.8. The summed E-state index contributed by atoms with van der Waals surface area (Å²) in [7, 11) is 0. The topological polar surface area (TPSA) is 12.5 Å². The van der Waals surface area contributed by atoms with Crippen molar-refractivity contribution in [3.05, 3.63) is 0 Å². The second-order valence-corrected chi connectivity index (χ2v) is 9.08. The number of rotatable bonds is 7. The lowest BCUT2D eigenvalue weighted by Crippen LogP contribution is -2.39. The van der Waals surface area contributed by atoms with Gasteiger partial charge >= 0.3 is 0 Å². The summed E-state index contributed by atoms with van der Waals surface area (Å²) in [5.74, 6) is 4.19. The van der Waals surface area contributed by atoms with E-state index in [1.807, 2.05) is 0 Å². The van der Waals surface area contributed by atoms with Gasteiger partial charge in [0.05, 0.1) is 6.10 Å². The second kappa shape index (κ2) is 9.42. The third kappa shape index (κ3) is 6.38. The highest BCUT2D eigenvalue weighted by molar-refractivity contribution is 4.79. The van der Waals surface area contributed by atoms with Crippen molar-refractivity contribution in [1.29, 1.82) is 0 Å². The first-order valence-electron chi connectivity index (χ1n) is 10.3. The van der Waals surface area contributed by atoms with Gasteiger partial charge in [0.2, 0.25) is 0 Å². The Kier molecular flexibility index (Phi) is 7.88. The first-order valence-corrected chi connectivity index (χ1v) is 10.3. The molecule has 0 aromatic rings. The summed E-state index contributed by atoms with van der Waals surface area (Å²) in [5.41, 5.74) is 0. The average molecular weight is 324 g/mol. The lowest BCUT2D eigenvalue weighted by Gasteiger charge is -2.37. The number of nitrogens with zero attached hydrogens (tertiary/aromatic N) is 1. The Hall–Kier alpha value is -0.0800. The monoisotopic (exact) mass is 323 g/mol. The highest BCUT2D eigenvalue weighted by Crippen LogP contribution is 2.30. The fraction of sp³-hybridized carbons (Fsp3) is 1.00. The Labute approximate surface area is 145 Å². The lowest BCUT2D eigenvalue weighted by atomic mass is 9.84. The maximum absolute atomic E-state index is 6.17. The largest absolute Gasteiger partial charge is 0.378 e. The van der Waals surface area contributed by atoms with Gasteiger partial charge in [-0.3, -0.25) is 0 Å². The molecule has 0 spiro atoms. The van der Waals surface area contributed by atoms with Crippen LogP contribution in [0.4, 0.5) is 0 Å². The maximum atomic E-state index is 6.17. The van der Waals surface area contributed by atoms with Crippen molar-refractivity contribution in [3.63, 3.8) is 0 Å². The van der Waals surface area contributed by atoms with Crippen LogP contribution in [0, 0.1) is 29.6 Å². The molecule has 0 bridgehead atoms. The minimum Gasteiger partial charge on any atom is -0.378 e. The third-order valence-corrected chi connectivity index (χ3v) is 6.62. The van der Waals surface area contributed by atoms with E-state index in [0.717, 1.165) is 30.3 Å². The van der Waals surface area contributed by atoms with E-state index in [-0.39, 0.29) is 0 Å². The number of ether oxygens (including phenoxy) is 1. The van der Waals surface area contributed by atoms with Gasteiger partial charge in [0.15, 0.2) is 0 Å². The molecule has 1 saturated carbocycles. The van der Waals surface area contributed by atoms with Gasteiger partial charge in [-0.1, -0.05) is 34.6 Å². The molecule has 23 heavy (non-hydrogen) atoms. The van der Waals surface area contributed by atoms with E-state index in [4.69, 9.17) is 4.74 Å². The fourth-order valence-corrected chi connectivity index (χ4v) is 4.13. The number of hydrogen-bond donors (Lipinski definition) is 0. The summed E-state index contributed by atoms with van der Waals surface area (Å²) >= 11 is 0. The minimum atomic E-state index is 0.541. The number of hydrogen-bond acceptors (Lipinski definition) is 2. The average Bonchev–Trinajstić information content (AvgIpc) is 2.54. The molecule has 1 aliphatic carbocycles. The van der Waals surface area contributed by atoms with Gasteiger partial charge in [-0.15, -0.1) is 0 Å². The van der Waals surface area contributed by atoms with Crippen molar-refractivity contribution in [1.82, 2.24) is 4.90 Å². The molecule has 0 N–H and O–H groups in total. The Bertz CT molecular complexity index is 312. The molecular formula is C21H41NO. The molecule has 136 valence electrons. The molecule has 2 heteroatoms. The quantitative estimate of drug-likeness (QED) is 0.636. The van der Waals surface area contributed by atoms with Crippen LogP contribution in [0.25, 0.3) is 0 Å². The number of piperidine rings is 1. The normalized spacial score (nSPS) is 29.3. The van der Waals surface area contributed by atoms with E-state index in [1.165, 1.54) is 58.2 Å². The Morgan fingerprint density at radius 2 is 1.48 bits per heavy atom. The first-order chi connectivity index (χ1) is 11.0. The van der Waals surface area contributed by atoms with Crippen molar-refractivity contribution in [2.75, 3.05) is 26.2 Å². The SMILES string of the molecule is CC(C)C1CCN(CC2CCC(OC[C@@H](C)C(C)C)CC2)CC1. The zero-order valence-electron chi connectivity index (χ0n) is 16.4. The van der Waals surface area contributed by atoms with Gasteiger partial charge in [0, 0.05) is 13.2 Å². The van der Waals surface area contributed by atoms with Gasteiger partial charge in [0.1, 0.15) is 0 Å². The van der Waals surface area contributed by atoms with E-state index >= 15 is 0 Å². The summed E-state index contributed by atoms with van der Waals surface area (Å²) in [6.07, 6.45) is 8.72. The van der Waals surface area contributed by atoms with Crippen LogP contribution < -0.4 is 0 Å². The molecule has 2 aliphatic rings. The van der Waals surface area contributed by atoms with Crippen molar-refractivity contribution in [3.8, 4) is 0 Å². The van der Waals surface area contributed by atoms with Gasteiger partial charge in [0.25, 0.3) is 0 Å². The first kappa shape index (κ1) is 19.2. The van der Waals surface area contributed by atoms with Gasteiger partial charge in [-0.2, -0.15) is 0 Å². The highest BCUT2D eigenvalue weighted by atomic mass is 16.5. The van der Waals surface area contributed by atoms with Crippen LogP contribution >= 0.6 is 0 Å². The van der Waals surface area contributed by atoms with Crippen LogP contribution in [0.1, 0.15) is 73.1 Å². The van der Waals surface area contributed by atoms with Crippen LogP contribution in [-0.2, 0) is 4.74 Å². The summed E-state index contributed by atoms with van der Waals surface area (Å²) < 4.78 is 6.17. The van der Waals surface area contributed by atoms with Gasteiger partial charge in [-0.25, -0.2) is 0 Å². The molecule has 0 amide bonds. The molecule has 2 fully saturated rings. The highest BCUT2D eigenvalue weighted by Gasteiger charge is 2.27. The van der Waals surface area contributed by atoms with Crippen LogP contribution in [0.3, 0.4) is 0 Å². The summed E-state index contributed by atoms with van der Waals surface area (Å²) in [4.78, 5) is 2.74. The molecule has 0 aromatic heterocycles. The van der Waals surface area contributed by atoms with E-state index in [2.05, 4.69) is 39.5 Å². The summed E-state index contributed by atoms with van der Waals surface area (Å²) in [6.45, 7) is 16.7. The van der Waals surface area contributed by atoms with Crippen LogP contribution in [0.2, 0.25) is 0 Å². The van der Waals surface area contributed by atoms with Crippen LogP contribution in [0.15, 0.2) is 0 Å². The van der Waals surface area contributed by atoms with Gasteiger partial charge < -0.3 is 9.64 Å². The lowest BCUT2D eigenvalue weighted by molar-refractivity contribution is -0.00912. The van der Waals surface area contributed by atoms with E-state index in [9.17, 15) is 0 Å². The van der Waals surface area contributed by atoms with E-state index in [0.29, 0.717) is 12.0 Å². The molecule has 1 saturated heterocycles. The summed E-state index contributed by atoms with van der Waals surface area (Å²) in [6, 6.07) is 0. The Balaban J connectivity index is 1.60. The zero-order valence-corrected chi connectivity index (χ0v) is 16.4.